The van der Waals surface area contributed by atoms with Crippen molar-refractivity contribution in [3.05, 3.63) is 65.8 Å². The molecule has 0 radical (unpaired) electrons. The van der Waals surface area contributed by atoms with Gasteiger partial charge < -0.3 is 13.9 Å². The summed E-state index contributed by atoms with van der Waals surface area (Å²) in [4.78, 5) is 12.2. The molecule has 2 aromatic carbocycles. The molecule has 0 aliphatic carbocycles. The summed E-state index contributed by atoms with van der Waals surface area (Å²) in [5, 5.41) is 7.39. The van der Waals surface area contributed by atoms with Gasteiger partial charge in [-0.25, -0.2) is 9.18 Å². The lowest BCUT2D eigenvalue weighted by molar-refractivity contribution is 0.0472. The molecule has 0 aliphatic heterocycles. The van der Waals surface area contributed by atoms with Crippen molar-refractivity contribution in [3.63, 3.8) is 0 Å². The number of halogens is 1. The number of hydrogen-bond donors (Lipinski definition) is 0. The van der Waals surface area contributed by atoms with Gasteiger partial charge in [0.2, 0.25) is 12.3 Å². The second kappa shape index (κ2) is 6.91. The minimum atomic E-state index is -0.514. The van der Waals surface area contributed by atoms with Crippen LogP contribution in [-0.2, 0) is 11.3 Å². The molecule has 3 aromatic rings. The second-order valence-corrected chi connectivity index (χ2v) is 4.87. The van der Waals surface area contributed by atoms with Crippen molar-refractivity contribution < 1.29 is 23.1 Å². The number of rotatable bonds is 5. The SMILES string of the molecule is COc1cc(COC(=O)c2cccc(-c3nnco3)c2)ccc1F. The van der Waals surface area contributed by atoms with Gasteiger partial charge in [0.05, 0.1) is 12.7 Å². The van der Waals surface area contributed by atoms with Crippen LogP contribution in [0, 0.1) is 5.82 Å². The molecule has 0 atom stereocenters. The zero-order valence-electron chi connectivity index (χ0n) is 12.7. The van der Waals surface area contributed by atoms with Crippen LogP contribution in [0.4, 0.5) is 4.39 Å². The molecule has 7 heteroatoms. The molecule has 122 valence electrons. The Labute approximate surface area is 136 Å². The maximum atomic E-state index is 13.4. The van der Waals surface area contributed by atoms with Gasteiger partial charge >= 0.3 is 5.97 Å². The van der Waals surface area contributed by atoms with Crippen molar-refractivity contribution in [1.82, 2.24) is 10.2 Å². The highest BCUT2D eigenvalue weighted by Crippen LogP contribution is 2.20. The highest BCUT2D eigenvalue weighted by molar-refractivity contribution is 5.90. The van der Waals surface area contributed by atoms with E-state index in [1.807, 2.05) is 0 Å². The number of hydrogen-bond acceptors (Lipinski definition) is 6. The first-order valence-electron chi connectivity index (χ1n) is 7.03. The molecule has 24 heavy (non-hydrogen) atoms. The number of ether oxygens (including phenoxy) is 2. The van der Waals surface area contributed by atoms with E-state index < -0.39 is 11.8 Å². The Morgan fingerprint density at radius 1 is 1.25 bits per heavy atom. The number of aromatic nitrogens is 2. The van der Waals surface area contributed by atoms with Crippen molar-refractivity contribution in [3.8, 4) is 17.2 Å². The van der Waals surface area contributed by atoms with Gasteiger partial charge in [0.25, 0.3) is 0 Å². The predicted molar refractivity (Wildman–Crippen MR) is 81.8 cm³/mol. The number of carbonyl (C=O) groups excluding carboxylic acids is 1. The summed E-state index contributed by atoms with van der Waals surface area (Å²) in [6.07, 6.45) is 1.21. The van der Waals surface area contributed by atoms with E-state index >= 15 is 0 Å². The van der Waals surface area contributed by atoms with Gasteiger partial charge in [0.15, 0.2) is 11.6 Å². The summed E-state index contributed by atoms with van der Waals surface area (Å²) in [6, 6.07) is 10.9. The maximum Gasteiger partial charge on any atom is 0.338 e. The zero-order chi connectivity index (χ0) is 16.9. The molecular weight excluding hydrogens is 315 g/mol. The van der Waals surface area contributed by atoms with Crippen LogP contribution < -0.4 is 4.74 Å². The van der Waals surface area contributed by atoms with Crippen LogP contribution in [0.2, 0.25) is 0 Å². The van der Waals surface area contributed by atoms with Crippen LogP contribution in [0.15, 0.2) is 53.3 Å². The molecule has 6 nitrogen and oxygen atoms in total. The summed E-state index contributed by atoms with van der Waals surface area (Å²) in [6.45, 7) is 0.000256. The standard InChI is InChI=1S/C17H13FN2O4/c1-22-15-7-11(5-6-14(15)18)9-23-17(21)13-4-2-3-12(8-13)16-20-19-10-24-16/h2-8,10H,9H2,1H3. The molecule has 1 aromatic heterocycles. The van der Waals surface area contributed by atoms with Gasteiger partial charge in [-0.15, -0.1) is 10.2 Å². The number of carbonyl (C=O) groups is 1. The second-order valence-electron chi connectivity index (χ2n) is 4.87. The molecule has 0 saturated heterocycles. The molecule has 0 unspecified atom stereocenters. The average molecular weight is 328 g/mol. The van der Waals surface area contributed by atoms with Crippen LogP contribution in [0.5, 0.6) is 5.75 Å². The maximum absolute atomic E-state index is 13.4. The monoisotopic (exact) mass is 328 g/mol. The Bertz CT molecular complexity index is 850. The van der Waals surface area contributed by atoms with Crippen LogP contribution in [0.1, 0.15) is 15.9 Å². The topological polar surface area (TPSA) is 74.5 Å². The van der Waals surface area contributed by atoms with Crippen molar-refractivity contribution in [2.75, 3.05) is 7.11 Å². The molecule has 1 heterocycles. The first-order chi connectivity index (χ1) is 11.7. The fourth-order valence-electron chi connectivity index (χ4n) is 2.10. The first kappa shape index (κ1) is 15.7. The molecule has 0 saturated carbocycles. The molecule has 0 spiro atoms. The van der Waals surface area contributed by atoms with E-state index in [0.717, 1.165) is 0 Å². The van der Waals surface area contributed by atoms with E-state index in [4.69, 9.17) is 13.9 Å². The van der Waals surface area contributed by atoms with Gasteiger partial charge in [0.1, 0.15) is 6.61 Å². The third-order valence-corrected chi connectivity index (χ3v) is 3.29. The third kappa shape index (κ3) is 3.40. The highest BCUT2D eigenvalue weighted by Gasteiger charge is 2.12. The smallest absolute Gasteiger partial charge is 0.338 e. The molecule has 0 N–H and O–H groups in total. The normalized spacial score (nSPS) is 10.4. The lowest BCUT2D eigenvalue weighted by Crippen LogP contribution is -2.05. The molecule has 0 amide bonds. The summed E-state index contributed by atoms with van der Waals surface area (Å²) < 4.78 is 28.6. The fourth-order valence-corrected chi connectivity index (χ4v) is 2.10. The van der Waals surface area contributed by atoms with Gasteiger partial charge in [-0.05, 0) is 35.9 Å². The van der Waals surface area contributed by atoms with E-state index in [2.05, 4.69) is 10.2 Å². The summed E-state index contributed by atoms with van der Waals surface area (Å²) in [5.41, 5.74) is 1.58. The Balaban J connectivity index is 1.70. The molecule has 3 rings (SSSR count). The Hall–Kier alpha value is -3.22. The van der Waals surface area contributed by atoms with Crippen molar-refractivity contribution in [2.45, 2.75) is 6.61 Å². The van der Waals surface area contributed by atoms with Crippen LogP contribution in [0.25, 0.3) is 11.5 Å². The summed E-state index contributed by atoms with van der Waals surface area (Å²) in [7, 11) is 1.37. The summed E-state index contributed by atoms with van der Waals surface area (Å²) in [5.74, 6) is -0.575. The largest absolute Gasteiger partial charge is 0.494 e. The number of benzene rings is 2. The van der Waals surface area contributed by atoms with E-state index in [1.54, 1.807) is 24.3 Å². The predicted octanol–water partition coefficient (Wildman–Crippen LogP) is 3.24. The Morgan fingerprint density at radius 3 is 2.88 bits per heavy atom. The van der Waals surface area contributed by atoms with Gasteiger partial charge in [-0.3, -0.25) is 0 Å². The number of nitrogens with zero attached hydrogens (tertiary/aromatic N) is 2. The van der Waals surface area contributed by atoms with Gasteiger partial charge in [-0.1, -0.05) is 12.1 Å². The number of esters is 1. The Morgan fingerprint density at radius 2 is 2.12 bits per heavy atom. The minimum absolute atomic E-state index is 0.000256. The quantitative estimate of drug-likeness (QED) is 0.669. The van der Waals surface area contributed by atoms with Crippen LogP contribution in [-0.4, -0.2) is 23.3 Å². The van der Waals surface area contributed by atoms with Crippen LogP contribution >= 0.6 is 0 Å². The van der Waals surface area contributed by atoms with E-state index in [9.17, 15) is 9.18 Å². The first-order valence-corrected chi connectivity index (χ1v) is 7.03. The molecule has 0 bridgehead atoms. The molecule has 0 aliphatic rings. The van der Waals surface area contributed by atoms with Crippen molar-refractivity contribution >= 4 is 5.97 Å². The summed E-state index contributed by atoms with van der Waals surface area (Å²) >= 11 is 0. The lowest BCUT2D eigenvalue weighted by atomic mass is 10.1. The van der Waals surface area contributed by atoms with E-state index in [-0.39, 0.29) is 12.4 Å². The Kier molecular flexibility index (Phi) is 4.51. The van der Waals surface area contributed by atoms with Crippen LogP contribution in [0.3, 0.4) is 0 Å². The van der Waals surface area contributed by atoms with E-state index in [0.29, 0.717) is 22.6 Å². The van der Waals surface area contributed by atoms with Crippen molar-refractivity contribution in [1.29, 1.82) is 0 Å². The van der Waals surface area contributed by atoms with Gasteiger partial charge in [0, 0.05) is 5.56 Å². The molecular formula is C17H13FN2O4. The minimum Gasteiger partial charge on any atom is -0.494 e. The third-order valence-electron chi connectivity index (χ3n) is 3.29. The highest BCUT2D eigenvalue weighted by atomic mass is 19.1. The average Bonchev–Trinajstić information content (AvgIpc) is 3.15. The number of methoxy groups -OCH3 is 1. The molecule has 0 fully saturated rings. The lowest BCUT2D eigenvalue weighted by Gasteiger charge is -2.08. The van der Waals surface area contributed by atoms with E-state index in [1.165, 1.54) is 31.7 Å². The van der Waals surface area contributed by atoms with Crippen molar-refractivity contribution in [2.24, 2.45) is 0 Å². The zero-order valence-corrected chi connectivity index (χ0v) is 12.7. The van der Waals surface area contributed by atoms with Gasteiger partial charge in [-0.2, -0.15) is 0 Å². The fraction of sp³-hybridized carbons (Fsp3) is 0.118.